The van der Waals surface area contributed by atoms with Gasteiger partial charge in [-0.3, -0.25) is 72.1 Å². The molecule has 0 aliphatic carbocycles. The van der Waals surface area contributed by atoms with Crippen molar-refractivity contribution in [1.29, 1.82) is 0 Å². The number of carbonyl (C=O) groups is 15. The number of hydrogen-bond donors (Lipinski definition) is 17. The van der Waals surface area contributed by atoms with Gasteiger partial charge < -0.3 is 105 Å². The highest BCUT2D eigenvalue weighted by molar-refractivity contribution is 6.01. The fraction of sp³-hybridized carbons (Fsp3) is 0.611. The lowest BCUT2D eigenvalue weighted by atomic mass is 9.96. The molecule has 108 heavy (non-hydrogen) atoms. The minimum atomic E-state index is -1.78. The van der Waals surface area contributed by atoms with Gasteiger partial charge in [0.1, 0.15) is 78.5 Å². The van der Waals surface area contributed by atoms with Crippen LogP contribution in [0.15, 0.2) is 65.7 Å². The lowest BCUT2D eigenvalue weighted by Crippen LogP contribution is -2.63. The van der Waals surface area contributed by atoms with Crippen LogP contribution in [-0.2, 0) is 84.8 Å². The van der Waals surface area contributed by atoms with Crippen LogP contribution in [0.5, 0.6) is 0 Å². The van der Waals surface area contributed by atoms with Crippen molar-refractivity contribution in [2.45, 2.75) is 229 Å². The molecule has 36 heteroatoms. The number of rotatable bonds is 42. The predicted molar refractivity (Wildman–Crippen MR) is 391 cm³/mol. The highest BCUT2D eigenvalue weighted by atomic mass is 16.4. The van der Waals surface area contributed by atoms with Gasteiger partial charge >= 0.3 is 11.9 Å². The SMILES string of the molecule is CC[C@H](NC(=O)[C@H](CCCN=C(N)N)NC(=O)CN)C(=O)N[C@H](C(=O)N[C@@H](Cc1ccccc1)C(=O)N[C@@H](CO)C(=O)N[C@H](C(=O)N1CCC[C@H]1C(=O)N1CCC[C@H]1C(=O)N[C@H](C(=O)N[C@@H](CC)C(=O)N[C@@H](Cc1ccccc1)C(=O)N1CCC[C@H]1C(=O)N[C@@H](CC(=O)O)C(=O)O)[C@@H](C)CC)[C@@H](C)CC)[C@H](C)O. The summed E-state index contributed by atoms with van der Waals surface area (Å²) in [5.74, 6) is -14.9. The molecule has 0 saturated carbocycles. The Bertz CT molecular complexity index is 3490. The van der Waals surface area contributed by atoms with Gasteiger partial charge in [-0.05, 0) is 94.1 Å². The standard InChI is InChI=1S/C72H109N17O19/c1-8-39(5)56(66(102)79-44(10-3)59(95)81-48(35-43-24-16-13-17-25-43)68(104)87-31-19-27-51(87)64(100)82-49(71(107)108)36-55(93)94)84-65(101)52-28-20-32-88(52)69(105)53-29-21-33-89(53)70(106)57(40(6)9-2)85-63(99)50(38-90)83-62(98)47(34-42-22-14-12-15-23-42)80-67(103)58(41(7)91)86-60(96)45(11-4)78-61(97)46(77-54(92)37-73)26-18-30-76-72(74)75/h12-17,22-25,39-41,44-53,56-58,90-91H,8-11,18-21,26-38,73H2,1-7H3,(H,77,92)(H,78,97)(H,79,102)(H,80,103)(H,81,95)(H,82,100)(H,83,98)(H,84,101)(H,85,99)(H,86,96)(H,93,94)(H,107,108)(H4,74,75,76)/t39-,40-,41-,44-,45-,46-,47-,48-,49-,50-,51-,52-,53-,56-,57-,58-/m0/s1. The maximum atomic E-state index is 14.9. The number of aliphatic imine (C=N–C) groups is 1. The second kappa shape index (κ2) is 43.4. The number of carbonyl (C=O) groups excluding carboxylic acids is 13. The Hall–Kier alpha value is -10.4. The highest BCUT2D eigenvalue weighted by Crippen LogP contribution is 2.28. The maximum Gasteiger partial charge on any atom is 0.326 e. The molecule has 16 atom stereocenters. The minimum Gasteiger partial charge on any atom is -0.481 e. The molecule has 0 radical (unpaired) electrons. The van der Waals surface area contributed by atoms with Gasteiger partial charge in [0.15, 0.2) is 5.96 Å². The Kier molecular flexibility index (Phi) is 35.5. The summed E-state index contributed by atoms with van der Waals surface area (Å²) in [5.41, 5.74) is 17.4. The Labute approximate surface area is 627 Å². The van der Waals surface area contributed by atoms with Gasteiger partial charge in [-0.15, -0.1) is 0 Å². The van der Waals surface area contributed by atoms with E-state index in [1.807, 2.05) is 0 Å². The van der Waals surface area contributed by atoms with Crippen LogP contribution in [0.25, 0.3) is 0 Å². The van der Waals surface area contributed by atoms with Crippen LogP contribution in [0.4, 0.5) is 0 Å². The lowest BCUT2D eigenvalue weighted by molar-refractivity contribution is -0.149. The Morgan fingerprint density at radius 2 is 0.917 bits per heavy atom. The third kappa shape index (κ3) is 25.7. The number of benzene rings is 2. The van der Waals surface area contributed by atoms with E-state index < -0.39 is 205 Å². The second-order valence-electron chi connectivity index (χ2n) is 27.5. The number of aliphatic hydroxyl groups is 2. The van der Waals surface area contributed by atoms with Crippen LogP contribution in [0.3, 0.4) is 0 Å². The van der Waals surface area contributed by atoms with Gasteiger partial charge in [-0.25, -0.2) is 4.79 Å². The zero-order chi connectivity index (χ0) is 80.1. The summed E-state index contributed by atoms with van der Waals surface area (Å²) >= 11 is 0. The van der Waals surface area contributed by atoms with Crippen LogP contribution in [-0.4, -0.2) is 254 Å². The molecule has 0 spiro atoms. The summed E-state index contributed by atoms with van der Waals surface area (Å²) < 4.78 is 0. The number of guanidine groups is 1. The van der Waals surface area contributed by atoms with Gasteiger partial charge in [-0.2, -0.15) is 0 Å². The molecule has 2 aromatic rings. The van der Waals surface area contributed by atoms with Crippen molar-refractivity contribution in [2.75, 3.05) is 39.3 Å². The summed E-state index contributed by atoms with van der Waals surface area (Å²) in [7, 11) is 0. The molecule has 13 amide bonds. The molecular weight excluding hydrogens is 1410 g/mol. The molecule has 36 nitrogen and oxygen atoms in total. The van der Waals surface area contributed by atoms with Crippen LogP contribution in [0.1, 0.15) is 143 Å². The van der Waals surface area contributed by atoms with Gasteiger partial charge in [0.25, 0.3) is 0 Å². The van der Waals surface area contributed by atoms with Gasteiger partial charge in [0.2, 0.25) is 76.8 Å². The quantitative estimate of drug-likeness (QED) is 0.0172. The van der Waals surface area contributed by atoms with Crippen molar-refractivity contribution in [3.05, 3.63) is 71.8 Å². The van der Waals surface area contributed by atoms with Crippen LogP contribution in [0, 0.1) is 11.8 Å². The molecular formula is C72H109N17O19. The zero-order valence-electron chi connectivity index (χ0n) is 62.3. The molecule has 0 aromatic heterocycles. The number of carboxylic acids is 2. The fourth-order valence-corrected chi connectivity index (χ4v) is 13.0. The summed E-state index contributed by atoms with van der Waals surface area (Å²) in [6, 6.07) is -1.06. The van der Waals surface area contributed by atoms with Crippen molar-refractivity contribution in [3.8, 4) is 0 Å². The molecule has 2 aromatic carbocycles. The molecule has 3 fully saturated rings. The number of hydrogen-bond acceptors (Lipinski definition) is 19. The van der Waals surface area contributed by atoms with E-state index in [0.717, 1.165) is 0 Å². The van der Waals surface area contributed by atoms with E-state index in [2.05, 4.69) is 58.2 Å². The number of nitrogens with zero attached hydrogens (tertiary/aromatic N) is 4. The Balaban J connectivity index is 1.28. The molecule has 3 aliphatic rings. The monoisotopic (exact) mass is 1520 g/mol. The van der Waals surface area contributed by atoms with Crippen LogP contribution < -0.4 is 70.4 Å². The molecule has 0 unspecified atom stereocenters. The minimum absolute atomic E-state index is 0.000669. The van der Waals surface area contributed by atoms with E-state index in [-0.39, 0.29) is 89.9 Å². The molecule has 3 heterocycles. The number of nitrogens with two attached hydrogens (primary N) is 3. The maximum absolute atomic E-state index is 14.9. The summed E-state index contributed by atoms with van der Waals surface area (Å²) in [6.07, 6.45) is -0.420. The largest absolute Gasteiger partial charge is 0.481 e. The van der Waals surface area contributed by atoms with Gasteiger partial charge in [-0.1, -0.05) is 115 Å². The van der Waals surface area contributed by atoms with E-state index in [1.54, 1.807) is 102 Å². The van der Waals surface area contributed by atoms with Crippen molar-refractivity contribution in [1.82, 2.24) is 67.9 Å². The van der Waals surface area contributed by atoms with E-state index in [1.165, 1.54) is 21.6 Å². The molecule has 0 bridgehead atoms. The third-order valence-corrected chi connectivity index (χ3v) is 19.6. The average Bonchev–Trinajstić information content (AvgIpc) is 1.65. The summed E-state index contributed by atoms with van der Waals surface area (Å²) in [5, 5.41) is 66.2. The molecule has 3 aliphatic heterocycles. The predicted octanol–water partition coefficient (Wildman–Crippen LogP) is -3.85. The normalized spacial score (nSPS) is 19.0. The first-order valence-corrected chi connectivity index (χ1v) is 36.8. The number of carboxylic acid groups (broad SMARTS) is 2. The van der Waals surface area contributed by atoms with E-state index in [4.69, 9.17) is 17.2 Å². The van der Waals surface area contributed by atoms with Crippen molar-refractivity contribution < 1.29 is 92.3 Å². The summed E-state index contributed by atoms with van der Waals surface area (Å²) in [6.45, 7) is 10.1. The lowest BCUT2D eigenvalue weighted by Gasteiger charge is -2.35. The molecule has 3 saturated heterocycles. The van der Waals surface area contributed by atoms with E-state index in [0.29, 0.717) is 43.2 Å². The van der Waals surface area contributed by atoms with E-state index in [9.17, 15) is 92.3 Å². The van der Waals surface area contributed by atoms with Crippen LogP contribution >= 0.6 is 0 Å². The zero-order valence-corrected chi connectivity index (χ0v) is 62.3. The average molecular weight is 1520 g/mol. The Morgan fingerprint density at radius 1 is 0.481 bits per heavy atom. The number of aliphatic carboxylic acids is 2. The Morgan fingerprint density at radius 3 is 1.44 bits per heavy atom. The summed E-state index contributed by atoms with van der Waals surface area (Å²) in [4.78, 5) is 215. The van der Waals surface area contributed by atoms with E-state index >= 15 is 0 Å². The second-order valence-corrected chi connectivity index (χ2v) is 27.5. The first kappa shape index (κ1) is 88.3. The fourth-order valence-electron chi connectivity index (χ4n) is 13.0. The topological polar surface area (TPSA) is 557 Å². The smallest absolute Gasteiger partial charge is 0.326 e. The third-order valence-electron chi connectivity index (χ3n) is 19.6. The molecule has 5 rings (SSSR count). The van der Waals surface area contributed by atoms with Crippen molar-refractivity contribution in [2.24, 2.45) is 34.0 Å². The van der Waals surface area contributed by atoms with Crippen molar-refractivity contribution >= 4 is 94.7 Å². The number of amides is 13. The van der Waals surface area contributed by atoms with Crippen molar-refractivity contribution in [3.63, 3.8) is 0 Å². The van der Waals surface area contributed by atoms with Crippen LogP contribution in [0.2, 0.25) is 0 Å². The molecule has 20 N–H and O–H groups in total. The van der Waals surface area contributed by atoms with Gasteiger partial charge in [0.05, 0.1) is 25.7 Å². The van der Waals surface area contributed by atoms with Gasteiger partial charge in [0, 0.05) is 39.0 Å². The first-order chi connectivity index (χ1) is 51.3. The molecule has 596 valence electrons. The number of aliphatic hydroxyl groups excluding tert-OH is 2. The number of nitrogens with one attached hydrogen (secondary N) is 10. The first-order valence-electron chi connectivity index (χ1n) is 36.8. The highest BCUT2D eigenvalue weighted by Gasteiger charge is 2.47. The number of likely N-dealkylation sites (tertiary alicyclic amines) is 3.